The molecule has 2 N–H and O–H groups in total. The van der Waals surface area contributed by atoms with Crippen LogP contribution in [-0.4, -0.2) is 27.5 Å². The molecular weight excluding hydrogens is 280 g/mol. The fourth-order valence-electron chi connectivity index (χ4n) is 3.13. The van der Waals surface area contributed by atoms with E-state index >= 15 is 0 Å². The number of amides is 1. The molecule has 3 rings (SSSR count). The number of aliphatic carboxylic acids is 1. The number of nitrogens with one attached hydrogen (secondary N) is 1. The first-order valence-electron chi connectivity index (χ1n) is 7.52. The van der Waals surface area contributed by atoms with E-state index < -0.39 is 11.5 Å². The summed E-state index contributed by atoms with van der Waals surface area (Å²) < 4.78 is 0. The summed E-state index contributed by atoms with van der Waals surface area (Å²) in [6.45, 7) is 0. The third-order valence-electron chi connectivity index (χ3n) is 4.36. The summed E-state index contributed by atoms with van der Waals surface area (Å²) >= 11 is 0. The number of rotatable bonds is 3. The van der Waals surface area contributed by atoms with Gasteiger partial charge in [-0.2, -0.15) is 0 Å². The second kappa shape index (κ2) is 5.75. The molecule has 1 aromatic heterocycles. The minimum atomic E-state index is -1.14. The van der Waals surface area contributed by atoms with Crippen LogP contribution in [0.15, 0.2) is 36.5 Å². The van der Waals surface area contributed by atoms with Crippen LogP contribution in [0, 0.1) is 0 Å². The molecule has 1 aliphatic rings. The maximum atomic E-state index is 12.6. The van der Waals surface area contributed by atoms with E-state index in [0.717, 1.165) is 30.2 Å². The number of nitrogens with zero attached hydrogens (tertiary/aromatic N) is 1. The average molecular weight is 298 g/mol. The second-order valence-corrected chi connectivity index (χ2v) is 5.78. The Balaban J connectivity index is 1.94. The lowest BCUT2D eigenvalue weighted by molar-refractivity contribution is -0.145. The van der Waals surface area contributed by atoms with Gasteiger partial charge in [0.15, 0.2) is 0 Å². The van der Waals surface area contributed by atoms with Gasteiger partial charge in [0.2, 0.25) is 0 Å². The summed E-state index contributed by atoms with van der Waals surface area (Å²) in [5.41, 5.74) is 0.0552. The van der Waals surface area contributed by atoms with E-state index in [1.165, 1.54) is 0 Å². The Morgan fingerprint density at radius 2 is 1.86 bits per heavy atom. The number of aromatic nitrogens is 1. The highest BCUT2D eigenvalue weighted by Crippen LogP contribution is 2.29. The van der Waals surface area contributed by atoms with Crippen molar-refractivity contribution in [3.63, 3.8) is 0 Å². The zero-order valence-corrected chi connectivity index (χ0v) is 12.2. The Morgan fingerprint density at radius 3 is 2.59 bits per heavy atom. The molecule has 0 radical (unpaired) electrons. The van der Waals surface area contributed by atoms with Crippen LogP contribution < -0.4 is 5.32 Å². The molecule has 1 heterocycles. The van der Waals surface area contributed by atoms with Gasteiger partial charge in [-0.25, -0.2) is 4.79 Å². The lowest BCUT2D eigenvalue weighted by Crippen LogP contribution is -2.55. The summed E-state index contributed by atoms with van der Waals surface area (Å²) in [6.07, 6.45) is 5.30. The van der Waals surface area contributed by atoms with Gasteiger partial charge in [0.25, 0.3) is 5.91 Å². The van der Waals surface area contributed by atoms with Crippen molar-refractivity contribution in [2.75, 3.05) is 0 Å². The van der Waals surface area contributed by atoms with Gasteiger partial charge in [-0.1, -0.05) is 31.4 Å². The van der Waals surface area contributed by atoms with Crippen LogP contribution in [0.4, 0.5) is 0 Å². The Hall–Kier alpha value is -2.43. The van der Waals surface area contributed by atoms with E-state index in [2.05, 4.69) is 10.3 Å². The molecule has 0 aliphatic heterocycles. The summed E-state index contributed by atoms with van der Waals surface area (Å²) in [7, 11) is 0. The smallest absolute Gasteiger partial charge is 0.329 e. The van der Waals surface area contributed by atoms with Crippen molar-refractivity contribution in [3.8, 4) is 0 Å². The van der Waals surface area contributed by atoms with Gasteiger partial charge in [0.05, 0.1) is 5.52 Å². The Bertz CT molecular complexity index is 715. The summed E-state index contributed by atoms with van der Waals surface area (Å²) in [6, 6.07) is 8.90. The average Bonchev–Trinajstić information content (AvgIpc) is 2.55. The van der Waals surface area contributed by atoms with E-state index in [-0.39, 0.29) is 5.91 Å². The fraction of sp³-hybridized carbons (Fsp3) is 0.353. The molecule has 0 spiro atoms. The minimum Gasteiger partial charge on any atom is -0.480 e. The Labute approximate surface area is 128 Å². The fourth-order valence-corrected chi connectivity index (χ4v) is 3.13. The number of carbonyl (C=O) groups excluding carboxylic acids is 1. The number of carboxylic acids is 1. The van der Waals surface area contributed by atoms with E-state index in [0.29, 0.717) is 18.4 Å². The van der Waals surface area contributed by atoms with Crippen LogP contribution in [-0.2, 0) is 4.79 Å². The van der Waals surface area contributed by atoms with Crippen LogP contribution in [0.5, 0.6) is 0 Å². The minimum absolute atomic E-state index is 0.345. The molecule has 1 saturated carbocycles. The molecule has 5 heteroatoms. The van der Waals surface area contributed by atoms with Gasteiger partial charge in [0, 0.05) is 17.1 Å². The van der Waals surface area contributed by atoms with Gasteiger partial charge >= 0.3 is 5.97 Å². The van der Waals surface area contributed by atoms with Gasteiger partial charge < -0.3 is 10.4 Å². The molecule has 0 bridgehead atoms. The molecule has 1 aliphatic carbocycles. The molecule has 0 saturated heterocycles. The van der Waals surface area contributed by atoms with E-state index in [4.69, 9.17) is 0 Å². The van der Waals surface area contributed by atoms with Crippen molar-refractivity contribution in [3.05, 3.63) is 42.1 Å². The first-order chi connectivity index (χ1) is 10.6. The van der Waals surface area contributed by atoms with E-state index in [9.17, 15) is 14.7 Å². The molecule has 0 atom stereocenters. The van der Waals surface area contributed by atoms with Crippen LogP contribution >= 0.6 is 0 Å². The van der Waals surface area contributed by atoms with Crippen LogP contribution in [0.1, 0.15) is 42.5 Å². The number of carboxylic acid groups (broad SMARTS) is 1. The molecule has 1 aromatic carbocycles. The normalized spacial score (nSPS) is 17.1. The molecule has 2 aromatic rings. The zero-order valence-electron chi connectivity index (χ0n) is 12.2. The highest BCUT2D eigenvalue weighted by molar-refractivity contribution is 6.07. The van der Waals surface area contributed by atoms with Crippen molar-refractivity contribution in [1.29, 1.82) is 0 Å². The molecule has 5 nitrogen and oxygen atoms in total. The lowest BCUT2D eigenvalue weighted by atomic mass is 9.81. The maximum Gasteiger partial charge on any atom is 0.329 e. The number of hydrogen-bond acceptors (Lipinski definition) is 3. The summed E-state index contributed by atoms with van der Waals surface area (Å²) in [5, 5.41) is 13.1. The third-order valence-corrected chi connectivity index (χ3v) is 4.36. The van der Waals surface area contributed by atoms with Gasteiger partial charge in [-0.05, 0) is 31.0 Å². The van der Waals surface area contributed by atoms with Crippen LogP contribution in [0.25, 0.3) is 10.9 Å². The Morgan fingerprint density at radius 1 is 1.09 bits per heavy atom. The quantitative estimate of drug-likeness (QED) is 0.913. The molecular formula is C17H18N2O3. The number of benzene rings is 1. The highest BCUT2D eigenvalue weighted by atomic mass is 16.4. The first kappa shape index (κ1) is 14.5. The standard InChI is InChI=1S/C17H18N2O3/c20-15(19-17(16(21)22)9-2-1-3-10-17)13-6-4-8-14-12(13)7-5-11-18-14/h4-8,11H,1-3,9-10H2,(H,19,20)(H,21,22). The largest absolute Gasteiger partial charge is 0.480 e. The number of fused-ring (bicyclic) bond motifs is 1. The first-order valence-corrected chi connectivity index (χ1v) is 7.52. The summed E-state index contributed by atoms with van der Waals surface area (Å²) in [5.74, 6) is -1.29. The number of hydrogen-bond donors (Lipinski definition) is 2. The molecule has 22 heavy (non-hydrogen) atoms. The van der Waals surface area contributed by atoms with Gasteiger partial charge in [-0.3, -0.25) is 9.78 Å². The predicted molar refractivity (Wildman–Crippen MR) is 82.7 cm³/mol. The van der Waals surface area contributed by atoms with Gasteiger partial charge in [0.1, 0.15) is 5.54 Å². The number of pyridine rings is 1. The van der Waals surface area contributed by atoms with E-state index in [1.807, 2.05) is 12.1 Å². The molecule has 114 valence electrons. The molecule has 0 unspecified atom stereocenters. The van der Waals surface area contributed by atoms with Crippen molar-refractivity contribution >= 4 is 22.8 Å². The summed E-state index contributed by atoms with van der Waals surface area (Å²) in [4.78, 5) is 28.5. The maximum absolute atomic E-state index is 12.6. The molecule has 1 fully saturated rings. The van der Waals surface area contributed by atoms with Crippen LogP contribution in [0.2, 0.25) is 0 Å². The topological polar surface area (TPSA) is 79.3 Å². The zero-order chi connectivity index (χ0) is 15.6. The second-order valence-electron chi connectivity index (χ2n) is 5.78. The Kier molecular flexibility index (Phi) is 3.79. The van der Waals surface area contributed by atoms with Crippen LogP contribution in [0.3, 0.4) is 0 Å². The van der Waals surface area contributed by atoms with Gasteiger partial charge in [-0.15, -0.1) is 0 Å². The van der Waals surface area contributed by atoms with Crippen molar-refractivity contribution in [2.45, 2.75) is 37.6 Å². The highest BCUT2D eigenvalue weighted by Gasteiger charge is 2.41. The van der Waals surface area contributed by atoms with Crippen molar-refractivity contribution in [1.82, 2.24) is 10.3 Å². The van der Waals surface area contributed by atoms with Crippen molar-refractivity contribution < 1.29 is 14.7 Å². The number of carbonyl (C=O) groups is 2. The predicted octanol–water partition coefficient (Wildman–Crippen LogP) is 2.75. The third kappa shape index (κ3) is 2.54. The lowest BCUT2D eigenvalue weighted by Gasteiger charge is -2.34. The molecule has 1 amide bonds. The SMILES string of the molecule is O=C(NC1(C(=O)O)CCCCC1)c1cccc2ncccc12. The van der Waals surface area contributed by atoms with E-state index in [1.54, 1.807) is 24.4 Å². The monoisotopic (exact) mass is 298 g/mol. The van der Waals surface area contributed by atoms with Crippen molar-refractivity contribution in [2.24, 2.45) is 0 Å².